The maximum Gasteiger partial charge on any atom is 0.0624 e. The molecule has 1 aliphatic rings. The fraction of sp³-hybridized carbons (Fsp3) is 0.600. The van der Waals surface area contributed by atoms with E-state index in [4.69, 9.17) is 28.9 Å². The fourth-order valence-corrected chi connectivity index (χ4v) is 3.32. The first kappa shape index (κ1) is 14.2. The van der Waals surface area contributed by atoms with E-state index in [2.05, 4.69) is 0 Å². The summed E-state index contributed by atoms with van der Waals surface area (Å²) in [6.07, 6.45) is 8.77. The minimum Gasteiger partial charge on any atom is -0.327 e. The van der Waals surface area contributed by atoms with E-state index >= 15 is 0 Å². The number of hydrogen-bond donors (Lipinski definition) is 1. The highest BCUT2D eigenvalue weighted by molar-refractivity contribution is 6.42. The molecule has 1 aliphatic carbocycles. The lowest BCUT2D eigenvalue weighted by atomic mass is 9.84. The van der Waals surface area contributed by atoms with E-state index in [1.54, 1.807) is 0 Å². The number of hydrogen-bond acceptors (Lipinski definition) is 1. The van der Waals surface area contributed by atoms with Crippen LogP contribution in [-0.4, -0.2) is 6.04 Å². The molecule has 100 valence electrons. The summed E-state index contributed by atoms with van der Waals surface area (Å²) in [4.78, 5) is 0. The van der Waals surface area contributed by atoms with Crippen molar-refractivity contribution in [3.63, 3.8) is 0 Å². The number of rotatable bonds is 4. The molecule has 0 aromatic heterocycles. The normalized spacial score (nSPS) is 18.8. The van der Waals surface area contributed by atoms with E-state index in [1.807, 2.05) is 18.2 Å². The van der Waals surface area contributed by atoms with Crippen LogP contribution in [0.4, 0.5) is 0 Å². The van der Waals surface area contributed by atoms with Crippen LogP contribution < -0.4 is 5.73 Å². The van der Waals surface area contributed by atoms with E-state index in [0.717, 1.165) is 24.3 Å². The molecule has 1 saturated carbocycles. The van der Waals surface area contributed by atoms with Gasteiger partial charge in [-0.1, -0.05) is 67.4 Å². The smallest absolute Gasteiger partial charge is 0.0624 e. The van der Waals surface area contributed by atoms with Crippen molar-refractivity contribution in [2.24, 2.45) is 11.7 Å². The molecule has 0 radical (unpaired) electrons. The van der Waals surface area contributed by atoms with E-state index in [-0.39, 0.29) is 6.04 Å². The minimum absolute atomic E-state index is 0.198. The zero-order chi connectivity index (χ0) is 13.0. The zero-order valence-electron chi connectivity index (χ0n) is 10.7. The third-order valence-electron chi connectivity index (χ3n) is 3.87. The second-order valence-corrected chi connectivity index (χ2v) is 6.20. The van der Waals surface area contributed by atoms with Gasteiger partial charge < -0.3 is 5.73 Å². The molecule has 0 spiro atoms. The Morgan fingerprint density at radius 1 is 1.17 bits per heavy atom. The molecule has 1 aromatic carbocycles. The average molecular weight is 286 g/mol. The maximum atomic E-state index is 6.25. The second-order valence-electron chi connectivity index (χ2n) is 5.42. The van der Waals surface area contributed by atoms with Gasteiger partial charge in [-0.15, -0.1) is 0 Å². The molecular weight excluding hydrogens is 265 g/mol. The van der Waals surface area contributed by atoms with Crippen molar-refractivity contribution in [3.05, 3.63) is 33.8 Å². The third kappa shape index (κ3) is 3.88. The zero-order valence-corrected chi connectivity index (χ0v) is 12.2. The molecule has 0 aliphatic heterocycles. The summed E-state index contributed by atoms with van der Waals surface area (Å²) in [5, 5.41) is 1.29. The van der Waals surface area contributed by atoms with Crippen molar-refractivity contribution in [1.29, 1.82) is 0 Å². The van der Waals surface area contributed by atoms with Gasteiger partial charge in [0.1, 0.15) is 0 Å². The summed E-state index contributed by atoms with van der Waals surface area (Å²) in [7, 11) is 0. The third-order valence-corrected chi connectivity index (χ3v) is 4.73. The Bertz CT molecular complexity index is 386. The van der Waals surface area contributed by atoms with E-state index in [1.165, 1.54) is 32.1 Å². The average Bonchev–Trinajstić information content (AvgIpc) is 2.36. The van der Waals surface area contributed by atoms with Crippen molar-refractivity contribution in [2.45, 2.75) is 51.0 Å². The lowest BCUT2D eigenvalue weighted by Crippen LogP contribution is -2.27. The summed E-state index contributed by atoms with van der Waals surface area (Å²) >= 11 is 12.2. The molecule has 2 N–H and O–H groups in total. The lowest BCUT2D eigenvalue weighted by molar-refractivity contribution is 0.317. The number of nitrogens with two attached hydrogens (primary N) is 1. The molecule has 0 heterocycles. The largest absolute Gasteiger partial charge is 0.327 e. The Hall–Kier alpha value is -0.240. The molecule has 18 heavy (non-hydrogen) atoms. The Labute approximate surface area is 120 Å². The van der Waals surface area contributed by atoms with Gasteiger partial charge in [0, 0.05) is 6.04 Å². The molecule has 0 saturated heterocycles. The van der Waals surface area contributed by atoms with Gasteiger partial charge in [-0.2, -0.15) is 0 Å². The van der Waals surface area contributed by atoms with Gasteiger partial charge in [0.2, 0.25) is 0 Å². The van der Waals surface area contributed by atoms with Crippen LogP contribution in [0.25, 0.3) is 0 Å². The summed E-state index contributed by atoms with van der Waals surface area (Å²) in [6, 6.07) is 5.98. The molecule has 2 rings (SSSR count). The van der Waals surface area contributed by atoms with Crippen molar-refractivity contribution in [1.82, 2.24) is 0 Å². The van der Waals surface area contributed by atoms with Crippen LogP contribution in [0.3, 0.4) is 0 Å². The van der Waals surface area contributed by atoms with Crippen LogP contribution in [0.15, 0.2) is 18.2 Å². The molecular formula is C15H21Cl2N. The second kappa shape index (κ2) is 6.79. The summed E-state index contributed by atoms with van der Waals surface area (Å²) in [5.74, 6) is 0.812. The minimum atomic E-state index is 0.198. The summed E-state index contributed by atoms with van der Waals surface area (Å²) in [5.41, 5.74) is 7.33. The molecule has 1 nitrogen and oxygen atoms in total. The van der Waals surface area contributed by atoms with Crippen molar-refractivity contribution in [3.8, 4) is 0 Å². The molecule has 3 heteroatoms. The van der Waals surface area contributed by atoms with E-state index in [9.17, 15) is 0 Å². The van der Waals surface area contributed by atoms with Crippen LogP contribution in [0.5, 0.6) is 0 Å². The molecule has 1 aromatic rings. The van der Waals surface area contributed by atoms with Crippen LogP contribution >= 0.6 is 23.2 Å². The SMILES string of the molecule is NC(Cc1cccc(Cl)c1Cl)CC1CCCCC1. The first-order valence-corrected chi connectivity index (χ1v) is 7.61. The van der Waals surface area contributed by atoms with E-state index in [0.29, 0.717) is 10.0 Å². The van der Waals surface area contributed by atoms with E-state index < -0.39 is 0 Å². The summed E-state index contributed by atoms with van der Waals surface area (Å²) < 4.78 is 0. The van der Waals surface area contributed by atoms with Crippen LogP contribution in [0.2, 0.25) is 10.0 Å². The molecule has 0 bridgehead atoms. The first-order chi connectivity index (χ1) is 8.66. The predicted molar refractivity (Wildman–Crippen MR) is 79.3 cm³/mol. The first-order valence-electron chi connectivity index (χ1n) is 6.85. The van der Waals surface area contributed by atoms with Crippen molar-refractivity contribution in [2.75, 3.05) is 0 Å². The Kier molecular flexibility index (Phi) is 5.35. The van der Waals surface area contributed by atoms with Gasteiger partial charge >= 0.3 is 0 Å². The Balaban J connectivity index is 1.90. The van der Waals surface area contributed by atoms with Gasteiger partial charge in [-0.05, 0) is 30.4 Å². The highest BCUT2D eigenvalue weighted by Gasteiger charge is 2.17. The van der Waals surface area contributed by atoms with Crippen LogP contribution in [0, 0.1) is 5.92 Å². The predicted octanol–water partition coefficient (Wildman–Crippen LogP) is 4.83. The van der Waals surface area contributed by atoms with Gasteiger partial charge in [-0.3, -0.25) is 0 Å². The summed E-state index contributed by atoms with van der Waals surface area (Å²) in [6.45, 7) is 0. The van der Waals surface area contributed by atoms with Gasteiger partial charge in [0.15, 0.2) is 0 Å². The van der Waals surface area contributed by atoms with Crippen molar-refractivity contribution >= 4 is 23.2 Å². The van der Waals surface area contributed by atoms with Gasteiger partial charge in [0.05, 0.1) is 10.0 Å². The van der Waals surface area contributed by atoms with Crippen LogP contribution in [-0.2, 0) is 6.42 Å². The van der Waals surface area contributed by atoms with Crippen LogP contribution in [0.1, 0.15) is 44.1 Å². The highest BCUT2D eigenvalue weighted by atomic mass is 35.5. The van der Waals surface area contributed by atoms with Crippen molar-refractivity contribution < 1.29 is 0 Å². The van der Waals surface area contributed by atoms with Gasteiger partial charge in [0.25, 0.3) is 0 Å². The Morgan fingerprint density at radius 3 is 2.61 bits per heavy atom. The topological polar surface area (TPSA) is 26.0 Å². The standard InChI is InChI=1S/C15H21Cl2N/c16-14-8-4-7-12(15(14)17)10-13(18)9-11-5-2-1-3-6-11/h4,7-8,11,13H,1-3,5-6,9-10,18H2. The maximum absolute atomic E-state index is 6.25. The molecule has 1 atom stereocenters. The Morgan fingerprint density at radius 2 is 1.89 bits per heavy atom. The quantitative estimate of drug-likeness (QED) is 0.842. The number of benzene rings is 1. The fourth-order valence-electron chi connectivity index (χ4n) is 2.92. The molecule has 1 fully saturated rings. The van der Waals surface area contributed by atoms with Gasteiger partial charge in [-0.25, -0.2) is 0 Å². The molecule has 1 unspecified atom stereocenters. The lowest BCUT2D eigenvalue weighted by Gasteiger charge is -2.24. The number of halogens is 2. The monoisotopic (exact) mass is 285 g/mol. The molecule has 0 amide bonds. The highest BCUT2D eigenvalue weighted by Crippen LogP contribution is 2.30.